The number of unbranched alkanes of at least 4 members (excludes halogenated alkanes) is 11. The second kappa shape index (κ2) is 11.4. The van der Waals surface area contributed by atoms with E-state index in [0.717, 1.165) is 38.5 Å². The lowest BCUT2D eigenvalue weighted by Crippen LogP contribution is -2.70. The van der Waals surface area contributed by atoms with Crippen LogP contribution in [0.3, 0.4) is 0 Å². The van der Waals surface area contributed by atoms with Gasteiger partial charge >= 0.3 is 5.97 Å². The van der Waals surface area contributed by atoms with Crippen molar-refractivity contribution in [2.75, 3.05) is 0 Å². The highest BCUT2D eigenvalue weighted by Gasteiger charge is 2.70. The second-order valence-electron chi connectivity index (χ2n) is 11.6. The summed E-state index contributed by atoms with van der Waals surface area (Å²) < 4.78 is 12.2. The number of carbonyl (C=O) groups is 1. The molecule has 190 valence electrons. The van der Waals surface area contributed by atoms with Gasteiger partial charge in [0.05, 0.1) is 5.92 Å². The highest BCUT2D eigenvalue weighted by molar-refractivity contribution is 5.74. The first-order valence-corrected chi connectivity index (χ1v) is 14.3. The van der Waals surface area contributed by atoms with E-state index in [4.69, 9.17) is 19.2 Å². The van der Waals surface area contributed by atoms with E-state index in [9.17, 15) is 4.79 Å². The fourth-order valence-electron chi connectivity index (χ4n) is 7.14. The average Bonchev–Trinajstić information content (AvgIpc) is 3.03. The molecule has 4 heterocycles. The zero-order chi connectivity index (χ0) is 23.3. The van der Waals surface area contributed by atoms with E-state index in [0.29, 0.717) is 11.8 Å². The molecule has 4 aliphatic heterocycles. The molecule has 2 bridgehead atoms. The molecule has 0 aromatic rings. The van der Waals surface area contributed by atoms with Gasteiger partial charge in [0.15, 0.2) is 5.60 Å². The minimum absolute atomic E-state index is 0.0771. The first-order chi connectivity index (χ1) is 16.0. The Labute approximate surface area is 201 Å². The number of ether oxygens (including phenoxy) is 2. The van der Waals surface area contributed by atoms with Gasteiger partial charge in [-0.25, -0.2) is 9.78 Å². The Bertz CT molecular complexity index is 638. The van der Waals surface area contributed by atoms with E-state index >= 15 is 0 Å². The Morgan fingerprint density at radius 3 is 2.12 bits per heavy atom. The molecule has 5 fully saturated rings. The number of hydrogen-bond donors (Lipinski definition) is 0. The summed E-state index contributed by atoms with van der Waals surface area (Å²) in [5.41, 5.74) is -0.622. The number of hydrogen-bond acceptors (Lipinski definition) is 5. The summed E-state index contributed by atoms with van der Waals surface area (Å²) in [5, 5.41) is 0. The molecule has 0 radical (unpaired) electrons. The molecule has 5 nitrogen and oxygen atoms in total. The van der Waals surface area contributed by atoms with Crippen molar-refractivity contribution in [2.24, 2.45) is 23.7 Å². The van der Waals surface area contributed by atoms with Gasteiger partial charge in [-0.15, -0.1) is 0 Å². The molecule has 5 heteroatoms. The number of fused-ring (bicyclic) bond motifs is 2. The van der Waals surface area contributed by atoms with Gasteiger partial charge in [0.1, 0.15) is 0 Å². The van der Waals surface area contributed by atoms with E-state index in [-0.39, 0.29) is 17.8 Å². The lowest BCUT2D eigenvalue weighted by Gasteiger charge is -2.58. The Kier molecular flexibility index (Phi) is 8.78. The zero-order valence-corrected chi connectivity index (χ0v) is 21.4. The van der Waals surface area contributed by atoms with Crippen LogP contribution in [0.25, 0.3) is 0 Å². The van der Waals surface area contributed by atoms with Gasteiger partial charge in [-0.2, -0.15) is 0 Å². The maximum Gasteiger partial charge on any atom is 0.311 e. The van der Waals surface area contributed by atoms with E-state index < -0.39 is 17.7 Å². The third-order valence-corrected chi connectivity index (χ3v) is 9.16. The van der Waals surface area contributed by atoms with Gasteiger partial charge in [0.2, 0.25) is 12.1 Å². The molecule has 7 unspecified atom stereocenters. The monoisotopic (exact) mass is 464 g/mol. The van der Waals surface area contributed by atoms with Gasteiger partial charge in [-0.05, 0) is 38.5 Å². The lowest BCUT2D eigenvalue weighted by atomic mass is 9.57. The van der Waals surface area contributed by atoms with Crippen LogP contribution in [-0.4, -0.2) is 23.6 Å². The topological polar surface area (TPSA) is 54.0 Å². The molecule has 4 saturated heterocycles. The van der Waals surface area contributed by atoms with Crippen molar-refractivity contribution >= 4 is 5.97 Å². The first kappa shape index (κ1) is 25.4. The van der Waals surface area contributed by atoms with Gasteiger partial charge < -0.3 is 9.47 Å². The van der Waals surface area contributed by atoms with Crippen molar-refractivity contribution in [3.05, 3.63) is 0 Å². The van der Waals surface area contributed by atoms with E-state index in [1.54, 1.807) is 0 Å². The molecule has 0 N–H and O–H groups in total. The van der Waals surface area contributed by atoms with Crippen LogP contribution in [0.4, 0.5) is 0 Å². The van der Waals surface area contributed by atoms with Gasteiger partial charge in [-0.3, -0.25) is 4.79 Å². The standard InChI is InChI=1S/C28H48O5/c1-4-5-6-7-8-9-10-11-12-13-14-15-16-22-24-18-17-21(2)23-19-20-27(3)31-26(30-25(22)29)28(23,24)33-32-27/h21-24,26H,4-20H2,1-3H3. The summed E-state index contributed by atoms with van der Waals surface area (Å²) in [7, 11) is 0. The van der Waals surface area contributed by atoms with Crippen molar-refractivity contribution in [3.8, 4) is 0 Å². The van der Waals surface area contributed by atoms with Crippen LogP contribution in [0, 0.1) is 23.7 Å². The van der Waals surface area contributed by atoms with E-state index in [2.05, 4.69) is 13.8 Å². The molecule has 0 aromatic heterocycles. The zero-order valence-electron chi connectivity index (χ0n) is 21.4. The SMILES string of the molecule is CCCCCCCCCCCCCCC1C(=O)OC2OC3(C)CCC4C(C)CCC1C24OO3. The van der Waals surface area contributed by atoms with Crippen molar-refractivity contribution < 1.29 is 24.0 Å². The molecule has 0 amide bonds. The Balaban J connectivity index is 1.22. The minimum Gasteiger partial charge on any atom is -0.432 e. The number of rotatable bonds is 13. The molecule has 5 rings (SSSR count). The minimum atomic E-state index is -0.805. The molecule has 1 saturated carbocycles. The van der Waals surface area contributed by atoms with Crippen molar-refractivity contribution in [1.82, 2.24) is 0 Å². The van der Waals surface area contributed by atoms with Gasteiger partial charge in [0.25, 0.3) is 0 Å². The smallest absolute Gasteiger partial charge is 0.311 e. The fraction of sp³-hybridized carbons (Fsp3) is 0.964. The molecular formula is C28H48O5. The van der Waals surface area contributed by atoms with Gasteiger partial charge in [-0.1, -0.05) is 90.9 Å². The van der Waals surface area contributed by atoms with Gasteiger partial charge in [0, 0.05) is 18.3 Å². The summed E-state index contributed by atoms with van der Waals surface area (Å²) in [4.78, 5) is 25.1. The highest BCUT2D eigenvalue weighted by Crippen LogP contribution is 2.60. The van der Waals surface area contributed by atoms with Crippen LogP contribution in [0.1, 0.15) is 130 Å². The van der Waals surface area contributed by atoms with Crippen molar-refractivity contribution in [3.63, 3.8) is 0 Å². The maximum absolute atomic E-state index is 13.1. The van der Waals surface area contributed by atoms with Crippen LogP contribution in [0.5, 0.6) is 0 Å². The largest absolute Gasteiger partial charge is 0.432 e. The third-order valence-electron chi connectivity index (χ3n) is 9.16. The van der Waals surface area contributed by atoms with Crippen LogP contribution in [0.2, 0.25) is 0 Å². The predicted octanol–water partition coefficient (Wildman–Crippen LogP) is 7.47. The van der Waals surface area contributed by atoms with Crippen molar-refractivity contribution in [2.45, 2.75) is 148 Å². The average molecular weight is 465 g/mol. The molecule has 1 aliphatic carbocycles. The summed E-state index contributed by atoms with van der Waals surface area (Å²) in [6, 6.07) is 0. The van der Waals surface area contributed by atoms with Crippen LogP contribution in [0.15, 0.2) is 0 Å². The molecule has 33 heavy (non-hydrogen) atoms. The highest BCUT2D eigenvalue weighted by atomic mass is 17.3. The molecule has 1 spiro atoms. The predicted molar refractivity (Wildman–Crippen MR) is 128 cm³/mol. The van der Waals surface area contributed by atoms with Crippen molar-refractivity contribution in [1.29, 1.82) is 0 Å². The quantitative estimate of drug-likeness (QED) is 0.161. The van der Waals surface area contributed by atoms with Crippen LogP contribution >= 0.6 is 0 Å². The second-order valence-corrected chi connectivity index (χ2v) is 11.6. The normalized spacial score (nSPS) is 39.7. The summed E-state index contributed by atoms with van der Waals surface area (Å²) in [6.45, 7) is 6.49. The van der Waals surface area contributed by atoms with E-state index in [1.807, 2.05) is 6.92 Å². The molecule has 0 aromatic carbocycles. The van der Waals surface area contributed by atoms with E-state index in [1.165, 1.54) is 70.6 Å². The number of carbonyl (C=O) groups excluding carboxylic acids is 1. The van der Waals surface area contributed by atoms with Crippen LogP contribution in [-0.2, 0) is 24.0 Å². The molecular weight excluding hydrogens is 416 g/mol. The first-order valence-electron chi connectivity index (χ1n) is 14.3. The third kappa shape index (κ3) is 5.46. The Morgan fingerprint density at radius 2 is 1.45 bits per heavy atom. The Hall–Kier alpha value is -0.650. The lowest BCUT2D eigenvalue weighted by molar-refractivity contribution is -0.559. The summed E-state index contributed by atoms with van der Waals surface area (Å²) in [6.07, 6.45) is 20.2. The molecule has 5 aliphatic rings. The molecule has 7 atom stereocenters. The maximum atomic E-state index is 13.1. The van der Waals surface area contributed by atoms with Crippen LogP contribution < -0.4 is 0 Å². The number of esters is 1. The summed E-state index contributed by atoms with van der Waals surface area (Å²) >= 11 is 0. The Morgan fingerprint density at radius 1 is 0.818 bits per heavy atom. The summed E-state index contributed by atoms with van der Waals surface area (Å²) in [5.74, 6) is 0.0184. The fourth-order valence-corrected chi connectivity index (χ4v) is 7.14.